The van der Waals surface area contributed by atoms with Crippen LogP contribution in [0.15, 0.2) is 22.5 Å². The second kappa shape index (κ2) is 10.9. The van der Waals surface area contributed by atoms with E-state index in [1.54, 1.807) is 30.3 Å². The number of hydrogen-bond donors (Lipinski definition) is 2. The first-order chi connectivity index (χ1) is 11.1. The Morgan fingerprint density at radius 2 is 2.12 bits per heavy atom. The Bertz CT molecular complexity index is 519. The van der Waals surface area contributed by atoms with Crippen molar-refractivity contribution in [2.45, 2.75) is 45.2 Å². The maximum atomic E-state index is 11.8. The van der Waals surface area contributed by atoms with Crippen molar-refractivity contribution in [3.8, 4) is 0 Å². The highest BCUT2D eigenvalue weighted by Gasteiger charge is 2.22. The van der Waals surface area contributed by atoms with E-state index >= 15 is 0 Å². The molecule has 0 bridgehead atoms. The number of carbonyl (C=O) groups is 1. The molecule has 1 heterocycles. The van der Waals surface area contributed by atoms with Crippen LogP contribution in [0.4, 0.5) is 0 Å². The summed E-state index contributed by atoms with van der Waals surface area (Å²) in [5.41, 5.74) is 0. The Balaban J connectivity index is 0.00000288. The molecule has 1 saturated carbocycles. The maximum Gasteiger partial charge on any atom is 0.243 e. The van der Waals surface area contributed by atoms with Crippen LogP contribution in [0.3, 0.4) is 0 Å². The highest BCUT2D eigenvalue weighted by atomic mass is 127. The molecule has 2 unspecified atom stereocenters. The molecule has 136 valence electrons. The molecular formula is C17H29IN4OS. The number of carbonyl (C=O) groups excluding carboxylic acids is 1. The summed E-state index contributed by atoms with van der Waals surface area (Å²) in [5.74, 6) is 1.40. The molecule has 1 aromatic heterocycles. The summed E-state index contributed by atoms with van der Waals surface area (Å²) in [6, 6.07) is 4.58. The molecule has 1 aliphatic carbocycles. The van der Waals surface area contributed by atoms with E-state index in [0.29, 0.717) is 12.0 Å². The number of thiophene rings is 1. The van der Waals surface area contributed by atoms with Crippen LogP contribution >= 0.6 is 35.3 Å². The second-order valence-corrected chi connectivity index (χ2v) is 7.43. The van der Waals surface area contributed by atoms with Crippen molar-refractivity contribution in [3.63, 3.8) is 0 Å². The number of aliphatic imine (C=N–C) groups is 1. The fourth-order valence-electron chi connectivity index (χ4n) is 2.73. The van der Waals surface area contributed by atoms with Crippen LogP contribution in [-0.4, -0.2) is 43.4 Å². The zero-order valence-corrected chi connectivity index (χ0v) is 17.9. The molecule has 0 aromatic carbocycles. The fourth-order valence-corrected chi connectivity index (χ4v) is 3.38. The highest BCUT2D eigenvalue weighted by Crippen LogP contribution is 2.23. The van der Waals surface area contributed by atoms with E-state index in [0.717, 1.165) is 12.5 Å². The number of guanidine groups is 1. The van der Waals surface area contributed by atoms with Crippen LogP contribution < -0.4 is 10.6 Å². The van der Waals surface area contributed by atoms with Gasteiger partial charge in [-0.3, -0.25) is 4.79 Å². The molecular weight excluding hydrogens is 435 g/mol. The van der Waals surface area contributed by atoms with Crippen LogP contribution in [0.25, 0.3) is 0 Å². The third-order valence-corrected chi connectivity index (χ3v) is 5.19. The lowest BCUT2D eigenvalue weighted by atomic mass is 9.86. The molecule has 1 aromatic rings. The molecule has 1 aliphatic rings. The van der Waals surface area contributed by atoms with E-state index in [2.05, 4.69) is 34.0 Å². The standard InChI is InChI=1S/C17H28N4OS.HI/c1-13-7-4-5-9-15(13)20-17(19-12-16(22)21(2)3)18-11-14-8-6-10-23-14;/h6,8,10,13,15H,4-5,7,9,11-12H2,1-3H3,(H2,18,19,20);1H. The van der Waals surface area contributed by atoms with Gasteiger partial charge in [0, 0.05) is 25.0 Å². The summed E-state index contributed by atoms with van der Waals surface area (Å²) in [7, 11) is 3.51. The molecule has 0 aliphatic heterocycles. The molecule has 1 amide bonds. The van der Waals surface area contributed by atoms with Crippen molar-refractivity contribution in [1.29, 1.82) is 0 Å². The summed E-state index contributed by atoms with van der Waals surface area (Å²) in [4.78, 5) is 19.1. The van der Waals surface area contributed by atoms with Crippen LogP contribution in [0, 0.1) is 5.92 Å². The van der Waals surface area contributed by atoms with Crippen LogP contribution in [0.1, 0.15) is 37.5 Å². The van der Waals surface area contributed by atoms with E-state index in [1.807, 2.05) is 6.07 Å². The molecule has 5 nitrogen and oxygen atoms in total. The van der Waals surface area contributed by atoms with Gasteiger partial charge >= 0.3 is 0 Å². The topological polar surface area (TPSA) is 56.7 Å². The quantitative estimate of drug-likeness (QED) is 0.400. The minimum absolute atomic E-state index is 0. The Morgan fingerprint density at radius 1 is 1.38 bits per heavy atom. The maximum absolute atomic E-state index is 11.8. The van der Waals surface area contributed by atoms with Gasteiger partial charge in [-0.1, -0.05) is 25.8 Å². The van der Waals surface area contributed by atoms with Gasteiger partial charge in [-0.2, -0.15) is 0 Å². The van der Waals surface area contributed by atoms with Crippen molar-refractivity contribution in [2.75, 3.05) is 20.6 Å². The number of nitrogens with zero attached hydrogens (tertiary/aromatic N) is 2. The van der Waals surface area contributed by atoms with Gasteiger partial charge in [0.15, 0.2) is 5.96 Å². The normalized spacial score (nSPS) is 20.9. The van der Waals surface area contributed by atoms with Gasteiger partial charge in [0.2, 0.25) is 5.91 Å². The number of amides is 1. The predicted octanol–water partition coefficient (Wildman–Crippen LogP) is 3.07. The van der Waals surface area contributed by atoms with Crippen LogP contribution in [0.2, 0.25) is 0 Å². The average molecular weight is 464 g/mol. The van der Waals surface area contributed by atoms with Gasteiger partial charge in [0.1, 0.15) is 6.54 Å². The molecule has 7 heteroatoms. The van der Waals surface area contributed by atoms with E-state index in [4.69, 9.17) is 0 Å². The minimum atomic E-state index is 0. The molecule has 1 fully saturated rings. The van der Waals surface area contributed by atoms with Gasteiger partial charge in [-0.25, -0.2) is 4.99 Å². The summed E-state index contributed by atoms with van der Waals surface area (Å²) < 4.78 is 0. The zero-order chi connectivity index (χ0) is 16.7. The SMILES string of the molecule is CC1CCCCC1NC(=NCC(=O)N(C)C)NCc1cccs1.I. The smallest absolute Gasteiger partial charge is 0.243 e. The monoisotopic (exact) mass is 464 g/mol. The first kappa shape index (κ1) is 21.2. The van der Waals surface area contributed by atoms with E-state index in [-0.39, 0.29) is 36.4 Å². The summed E-state index contributed by atoms with van der Waals surface area (Å²) >= 11 is 1.72. The summed E-state index contributed by atoms with van der Waals surface area (Å²) in [6.07, 6.45) is 5.00. The largest absolute Gasteiger partial charge is 0.353 e. The van der Waals surface area contributed by atoms with Crippen molar-refractivity contribution >= 4 is 47.2 Å². The number of rotatable bonds is 5. The number of likely N-dealkylation sites (N-methyl/N-ethyl adjacent to an activating group) is 1. The van der Waals surface area contributed by atoms with Gasteiger partial charge in [-0.15, -0.1) is 35.3 Å². The second-order valence-electron chi connectivity index (χ2n) is 6.40. The molecule has 2 rings (SSSR count). The summed E-state index contributed by atoms with van der Waals surface area (Å²) in [6.45, 7) is 3.20. The van der Waals surface area contributed by atoms with Gasteiger partial charge < -0.3 is 15.5 Å². The Labute approximate surface area is 166 Å². The number of halogens is 1. The van der Waals surface area contributed by atoms with Crippen LogP contribution in [-0.2, 0) is 11.3 Å². The van der Waals surface area contributed by atoms with Crippen molar-refractivity contribution < 1.29 is 4.79 Å². The van der Waals surface area contributed by atoms with Crippen molar-refractivity contribution in [2.24, 2.45) is 10.9 Å². The number of hydrogen-bond acceptors (Lipinski definition) is 3. The average Bonchev–Trinajstić information content (AvgIpc) is 3.04. The third-order valence-electron chi connectivity index (χ3n) is 4.31. The van der Waals surface area contributed by atoms with Crippen LogP contribution in [0.5, 0.6) is 0 Å². The minimum Gasteiger partial charge on any atom is -0.353 e. The third kappa shape index (κ3) is 6.96. The molecule has 24 heavy (non-hydrogen) atoms. The predicted molar refractivity (Wildman–Crippen MR) is 112 cm³/mol. The van der Waals surface area contributed by atoms with Gasteiger partial charge in [-0.05, 0) is 30.2 Å². The van der Waals surface area contributed by atoms with E-state index in [9.17, 15) is 4.79 Å². The van der Waals surface area contributed by atoms with Gasteiger partial charge in [0.25, 0.3) is 0 Å². The highest BCUT2D eigenvalue weighted by molar-refractivity contribution is 14.0. The molecule has 0 saturated heterocycles. The Hall–Kier alpha value is -0.830. The summed E-state index contributed by atoms with van der Waals surface area (Å²) in [5, 5.41) is 8.97. The lowest BCUT2D eigenvalue weighted by Crippen LogP contribution is -2.47. The first-order valence-electron chi connectivity index (χ1n) is 8.33. The first-order valence-corrected chi connectivity index (χ1v) is 9.21. The Kier molecular flexibility index (Phi) is 9.65. The van der Waals surface area contributed by atoms with Gasteiger partial charge in [0.05, 0.1) is 6.54 Å². The fraction of sp³-hybridized carbons (Fsp3) is 0.647. The molecule has 2 N–H and O–H groups in total. The lowest BCUT2D eigenvalue weighted by molar-refractivity contribution is -0.127. The lowest BCUT2D eigenvalue weighted by Gasteiger charge is -2.31. The molecule has 0 radical (unpaired) electrons. The van der Waals surface area contributed by atoms with Crippen molar-refractivity contribution in [1.82, 2.24) is 15.5 Å². The molecule has 2 atom stereocenters. The van der Waals surface area contributed by atoms with E-state index < -0.39 is 0 Å². The Morgan fingerprint density at radius 3 is 2.75 bits per heavy atom. The van der Waals surface area contributed by atoms with E-state index in [1.165, 1.54) is 30.6 Å². The zero-order valence-electron chi connectivity index (χ0n) is 14.7. The van der Waals surface area contributed by atoms with Crippen molar-refractivity contribution in [3.05, 3.63) is 22.4 Å². The number of nitrogens with one attached hydrogen (secondary N) is 2. The molecule has 0 spiro atoms.